The third-order valence-electron chi connectivity index (χ3n) is 6.00. The molecule has 1 aromatic rings. The SMILES string of the molecule is CCN1C[C@]2(CCCN(Cc3cc(C(N)=O)oc3C(C)(C)C)C2)CCC1=O. The molecule has 6 nitrogen and oxygen atoms in total. The van der Waals surface area contributed by atoms with E-state index in [-0.39, 0.29) is 22.5 Å². The predicted octanol–water partition coefficient (Wildman–Crippen LogP) is 2.90. The number of carbonyl (C=O) groups is 2. The second-order valence-electron chi connectivity index (χ2n) is 9.30. The zero-order valence-electron chi connectivity index (χ0n) is 17.1. The highest BCUT2D eigenvalue weighted by Crippen LogP contribution is 2.40. The molecule has 0 saturated carbocycles. The smallest absolute Gasteiger partial charge is 0.284 e. The molecule has 1 aromatic heterocycles. The molecule has 0 unspecified atom stereocenters. The molecule has 27 heavy (non-hydrogen) atoms. The van der Waals surface area contributed by atoms with Gasteiger partial charge in [-0.15, -0.1) is 0 Å². The topological polar surface area (TPSA) is 79.8 Å². The lowest BCUT2D eigenvalue weighted by molar-refractivity contribution is -0.139. The lowest BCUT2D eigenvalue weighted by atomic mass is 9.73. The lowest BCUT2D eigenvalue weighted by Gasteiger charge is -2.48. The van der Waals surface area contributed by atoms with Crippen LogP contribution in [0.4, 0.5) is 0 Å². The van der Waals surface area contributed by atoms with E-state index < -0.39 is 5.91 Å². The van der Waals surface area contributed by atoms with Gasteiger partial charge in [-0.05, 0) is 38.8 Å². The molecule has 3 heterocycles. The van der Waals surface area contributed by atoms with E-state index in [0.717, 1.165) is 56.9 Å². The number of likely N-dealkylation sites (tertiary alicyclic amines) is 2. The van der Waals surface area contributed by atoms with E-state index in [4.69, 9.17) is 10.2 Å². The number of nitrogens with two attached hydrogens (primary N) is 1. The normalized spacial score (nSPS) is 24.6. The molecular formula is C21H33N3O3. The maximum atomic E-state index is 12.1. The van der Waals surface area contributed by atoms with Gasteiger partial charge in [-0.2, -0.15) is 0 Å². The van der Waals surface area contributed by atoms with Crippen molar-refractivity contribution in [3.05, 3.63) is 23.2 Å². The van der Waals surface area contributed by atoms with Crippen LogP contribution in [0, 0.1) is 5.41 Å². The van der Waals surface area contributed by atoms with Crippen LogP contribution < -0.4 is 5.73 Å². The van der Waals surface area contributed by atoms with Crippen LogP contribution in [0.25, 0.3) is 0 Å². The van der Waals surface area contributed by atoms with Gasteiger partial charge in [-0.25, -0.2) is 0 Å². The fraction of sp³-hybridized carbons (Fsp3) is 0.714. The Hall–Kier alpha value is -1.82. The van der Waals surface area contributed by atoms with E-state index in [0.29, 0.717) is 6.42 Å². The van der Waals surface area contributed by atoms with Crippen molar-refractivity contribution >= 4 is 11.8 Å². The predicted molar refractivity (Wildman–Crippen MR) is 104 cm³/mol. The number of piperidine rings is 2. The first-order valence-corrected chi connectivity index (χ1v) is 10.1. The molecule has 2 aliphatic rings. The van der Waals surface area contributed by atoms with E-state index in [1.807, 2.05) is 11.0 Å². The lowest BCUT2D eigenvalue weighted by Crippen LogP contribution is -2.53. The maximum Gasteiger partial charge on any atom is 0.284 e. The van der Waals surface area contributed by atoms with Crippen LogP contribution >= 0.6 is 0 Å². The van der Waals surface area contributed by atoms with Crippen molar-refractivity contribution in [2.75, 3.05) is 26.2 Å². The number of amides is 2. The van der Waals surface area contributed by atoms with Crippen LogP contribution in [0.15, 0.2) is 10.5 Å². The molecule has 0 aromatic carbocycles. The zero-order chi connectivity index (χ0) is 19.8. The van der Waals surface area contributed by atoms with E-state index in [1.54, 1.807) is 0 Å². The van der Waals surface area contributed by atoms with Gasteiger partial charge in [-0.1, -0.05) is 20.8 Å². The summed E-state index contributed by atoms with van der Waals surface area (Å²) in [6, 6.07) is 1.81. The van der Waals surface area contributed by atoms with Crippen LogP contribution in [-0.4, -0.2) is 47.8 Å². The number of nitrogens with zero attached hydrogens (tertiary/aromatic N) is 2. The van der Waals surface area contributed by atoms with E-state index in [9.17, 15) is 9.59 Å². The molecule has 2 fully saturated rings. The highest BCUT2D eigenvalue weighted by molar-refractivity contribution is 5.90. The van der Waals surface area contributed by atoms with Gasteiger partial charge in [0, 0.05) is 49.0 Å². The van der Waals surface area contributed by atoms with E-state index in [2.05, 4.69) is 32.6 Å². The quantitative estimate of drug-likeness (QED) is 0.877. The molecule has 0 bridgehead atoms. The summed E-state index contributed by atoms with van der Waals surface area (Å²) >= 11 is 0. The Kier molecular flexibility index (Phi) is 5.39. The molecule has 2 amide bonds. The minimum absolute atomic E-state index is 0.188. The summed E-state index contributed by atoms with van der Waals surface area (Å²) in [5, 5.41) is 0. The standard InChI is InChI=1S/C21H33N3O3/c1-5-24-14-21(9-7-17(24)25)8-6-10-23(13-21)12-15-11-16(19(22)26)27-18(15)20(2,3)4/h11H,5-10,12-14H2,1-4H3,(H2,22,26)/t21-/m1/s1. The second-order valence-corrected chi connectivity index (χ2v) is 9.30. The fourth-order valence-electron chi connectivity index (χ4n) is 4.71. The highest BCUT2D eigenvalue weighted by atomic mass is 16.4. The Morgan fingerprint density at radius 3 is 2.67 bits per heavy atom. The second kappa shape index (κ2) is 7.30. The van der Waals surface area contributed by atoms with Crippen LogP contribution in [0.2, 0.25) is 0 Å². The van der Waals surface area contributed by atoms with Crippen LogP contribution in [0.5, 0.6) is 0 Å². The third-order valence-corrected chi connectivity index (χ3v) is 6.00. The minimum atomic E-state index is -0.522. The maximum absolute atomic E-state index is 12.1. The molecule has 3 rings (SSSR count). The van der Waals surface area contributed by atoms with Crippen molar-refractivity contribution in [2.45, 2.75) is 65.3 Å². The summed E-state index contributed by atoms with van der Waals surface area (Å²) in [5.41, 5.74) is 6.50. The minimum Gasteiger partial charge on any atom is -0.455 e. The first-order valence-electron chi connectivity index (χ1n) is 10.1. The Morgan fingerprint density at radius 1 is 1.30 bits per heavy atom. The van der Waals surface area contributed by atoms with Crippen molar-refractivity contribution in [3.63, 3.8) is 0 Å². The first kappa shape index (κ1) is 19.9. The Labute approximate surface area is 162 Å². The van der Waals surface area contributed by atoms with Crippen LogP contribution in [0.1, 0.15) is 75.3 Å². The molecule has 2 aliphatic heterocycles. The van der Waals surface area contributed by atoms with Crippen molar-refractivity contribution in [1.82, 2.24) is 9.80 Å². The molecule has 0 aliphatic carbocycles. The van der Waals surface area contributed by atoms with Crippen LogP contribution in [0.3, 0.4) is 0 Å². The summed E-state index contributed by atoms with van der Waals surface area (Å²) in [6.07, 6.45) is 3.95. The molecule has 0 radical (unpaired) electrons. The fourth-order valence-corrected chi connectivity index (χ4v) is 4.71. The number of furan rings is 1. The summed E-state index contributed by atoms with van der Waals surface area (Å²) in [4.78, 5) is 28.2. The summed E-state index contributed by atoms with van der Waals surface area (Å²) in [7, 11) is 0. The van der Waals surface area contributed by atoms with Gasteiger partial charge in [0.15, 0.2) is 5.76 Å². The largest absolute Gasteiger partial charge is 0.455 e. The third kappa shape index (κ3) is 4.21. The molecule has 1 spiro atoms. The van der Waals surface area contributed by atoms with E-state index in [1.165, 1.54) is 6.42 Å². The Balaban J connectivity index is 1.78. The molecule has 2 N–H and O–H groups in total. The van der Waals surface area contributed by atoms with Gasteiger partial charge >= 0.3 is 0 Å². The monoisotopic (exact) mass is 375 g/mol. The van der Waals surface area contributed by atoms with Gasteiger partial charge in [0.1, 0.15) is 5.76 Å². The van der Waals surface area contributed by atoms with Crippen molar-refractivity contribution < 1.29 is 14.0 Å². The van der Waals surface area contributed by atoms with Crippen molar-refractivity contribution in [1.29, 1.82) is 0 Å². The molecule has 150 valence electrons. The van der Waals surface area contributed by atoms with Crippen molar-refractivity contribution in [3.8, 4) is 0 Å². The molecular weight excluding hydrogens is 342 g/mol. The average molecular weight is 376 g/mol. The zero-order valence-corrected chi connectivity index (χ0v) is 17.1. The number of hydrogen-bond acceptors (Lipinski definition) is 4. The summed E-state index contributed by atoms with van der Waals surface area (Å²) in [5.74, 6) is 0.842. The van der Waals surface area contributed by atoms with Crippen LogP contribution in [-0.2, 0) is 16.8 Å². The van der Waals surface area contributed by atoms with Gasteiger partial charge in [-0.3, -0.25) is 14.5 Å². The summed E-state index contributed by atoms with van der Waals surface area (Å²) < 4.78 is 5.81. The molecule has 6 heteroatoms. The number of rotatable bonds is 4. The van der Waals surface area contributed by atoms with Gasteiger partial charge in [0.25, 0.3) is 5.91 Å². The van der Waals surface area contributed by atoms with Crippen molar-refractivity contribution in [2.24, 2.45) is 11.1 Å². The van der Waals surface area contributed by atoms with E-state index >= 15 is 0 Å². The number of hydrogen-bond donors (Lipinski definition) is 1. The van der Waals surface area contributed by atoms with Gasteiger partial charge in [0.05, 0.1) is 0 Å². The number of carbonyl (C=O) groups excluding carboxylic acids is 2. The highest BCUT2D eigenvalue weighted by Gasteiger charge is 2.41. The molecule has 1 atom stereocenters. The number of primary amides is 1. The summed E-state index contributed by atoms with van der Waals surface area (Å²) in [6.45, 7) is 12.7. The van der Waals surface area contributed by atoms with Gasteiger partial charge < -0.3 is 15.1 Å². The Morgan fingerprint density at radius 2 is 2.04 bits per heavy atom. The first-order chi connectivity index (χ1) is 12.6. The Bertz CT molecular complexity index is 719. The average Bonchev–Trinajstić information content (AvgIpc) is 3.02. The molecule has 2 saturated heterocycles. The van der Waals surface area contributed by atoms with Gasteiger partial charge in [0.2, 0.25) is 5.91 Å².